The summed E-state index contributed by atoms with van der Waals surface area (Å²) in [4.78, 5) is 24.7. The topological polar surface area (TPSA) is 92.3 Å². The Morgan fingerprint density at radius 1 is 1.30 bits per heavy atom. The lowest BCUT2D eigenvalue weighted by atomic mass is 10.1. The Morgan fingerprint density at radius 2 is 2.00 bits per heavy atom. The lowest BCUT2D eigenvalue weighted by Gasteiger charge is -2.24. The van der Waals surface area contributed by atoms with Gasteiger partial charge in [0.05, 0.1) is 33.1 Å². The van der Waals surface area contributed by atoms with Crippen LogP contribution < -0.4 is 4.72 Å². The molecule has 144 valence electrons. The van der Waals surface area contributed by atoms with Crippen molar-refractivity contribution in [3.8, 4) is 10.6 Å². The highest BCUT2D eigenvalue weighted by Crippen LogP contribution is 2.41. The van der Waals surface area contributed by atoms with Crippen LogP contribution in [0.2, 0.25) is 0 Å². The minimum absolute atomic E-state index is 0.117. The minimum atomic E-state index is -3.56. The van der Waals surface area contributed by atoms with Gasteiger partial charge in [0.2, 0.25) is 10.0 Å². The van der Waals surface area contributed by atoms with E-state index >= 15 is 0 Å². The summed E-state index contributed by atoms with van der Waals surface area (Å²) < 4.78 is 26.2. The Hall–Kier alpha value is -2.00. The number of thiazole rings is 1. The number of aryl methyl sites for hydroxylation is 2. The Kier molecular flexibility index (Phi) is 4.27. The first-order valence-electron chi connectivity index (χ1n) is 8.91. The summed E-state index contributed by atoms with van der Waals surface area (Å²) in [6.45, 7) is 6.38. The Morgan fingerprint density at radius 3 is 2.56 bits per heavy atom. The third-order valence-electron chi connectivity index (χ3n) is 5.13. The number of pyridine rings is 1. The van der Waals surface area contributed by atoms with Gasteiger partial charge in [-0.1, -0.05) is 0 Å². The van der Waals surface area contributed by atoms with Crippen molar-refractivity contribution in [2.75, 3.05) is 11.0 Å². The number of hydrogen-bond donors (Lipinski definition) is 1. The van der Waals surface area contributed by atoms with E-state index in [0.717, 1.165) is 40.2 Å². The molecule has 7 nitrogen and oxygen atoms in total. The van der Waals surface area contributed by atoms with Gasteiger partial charge in [-0.15, -0.1) is 11.3 Å². The molecule has 1 amide bonds. The Labute approximate surface area is 162 Å². The van der Waals surface area contributed by atoms with Crippen LogP contribution in [0.1, 0.15) is 46.4 Å². The average molecular weight is 407 g/mol. The molecule has 0 spiro atoms. The van der Waals surface area contributed by atoms with Crippen LogP contribution >= 0.6 is 11.3 Å². The van der Waals surface area contributed by atoms with Gasteiger partial charge in [0.15, 0.2) is 5.82 Å². The molecule has 0 unspecified atom stereocenters. The fourth-order valence-electron chi connectivity index (χ4n) is 3.66. The number of anilines is 1. The first-order chi connectivity index (χ1) is 12.6. The van der Waals surface area contributed by atoms with E-state index in [-0.39, 0.29) is 17.8 Å². The van der Waals surface area contributed by atoms with Crippen LogP contribution in [0.15, 0.2) is 6.07 Å². The van der Waals surface area contributed by atoms with Gasteiger partial charge in [0.1, 0.15) is 0 Å². The fourth-order valence-corrected chi connectivity index (χ4v) is 5.04. The fraction of sp³-hybridized carbons (Fsp3) is 0.500. The van der Waals surface area contributed by atoms with Crippen LogP contribution in [0.25, 0.3) is 10.6 Å². The number of fused-ring (bicyclic) bond motifs is 1. The minimum Gasteiger partial charge on any atom is -0.331 e. The van der Waals surface area contributed by atoms with Crippen LogP contribution in [-0.4, -0.2) is 41.5 Å². The summed E-state index contributed by atoms with van der Waals surface area (Å²) >= 11 is 1.51. The number of sulfonamides is 1. The number of rotatable bonds is 5. The highest BCUT2D eigenvalue weighted by molar-refractivity contribution is 7.92. The second-order valence-electron chi connectivity index (χ2n) is 7.42. The maximum absolute atomic E-state index is 13.0. The van der Waals surface area contributed by atoms with Gasteiger partial charge in [-0.25, -0.2) is 18.4 Å². The Balaban J connectivity index is 1.83. The molecule has 2 aromatic rings. The average Bonchev–Trinajstić information content (AvgIpc) is 3.27. The number of aromatic nitrogens is 2. The first kappa shape index (κ1) is 18.4. The molecule has 9 heteroatoms. The zero-order valence-corrected chi connectivity index (χ0v) is 17.4. The smallest absolute Gasteiger partial charge is 0.258 e. The van der Waals surface area contributed by atoms with Crippen LogP contribution in [0.5, 0.6) is 0 Å². The molecule has 2 aliphatic rings. The number of carbonyl (C=O) groups is 1. The zero-order chi connectivity index (χ0) is 19.5. The van der Waals surface area contributed by atoms with Gasteiger partial charge in [-0.3, -0.25) is 9.52 Å². The second-order valence-corrected chi connectivity index (χ2v) is 10.4. The van der Waals surface area contributed by atoms with Crippen LogP contribution in [0.3, 0.4) is 0 Å². The number of amides is 1. The molecule has 1 aliphatic carbocycles. The highest BCUT2D eigenvalue weighted by atomic mass is 32.2. The molecular formula is C18H22N4O3S2. The number of hydrogen-bond acceptors (Lipinski definition) is 6. The van der Waals surface area contributed by atoms with Crippen LogP contribution in [0, 0.1) is 19.8 Å². The molecule has 1 saturated carbocycles. The van der Waals surface area contributed by atoms with Crippen molar-refractivity contribution in [2.45, 2.75) is 46.2 Å². The quantitative estimate of drug-likeness (QED) is 0.824. The standard InChI is InChI=1S/C18H22N4O3S2/c1-9-16(26-11(3)19-9)14-7-13-8-22(10(2)12-5-6-12)18(23)15(13)17(20-14)21-27(4,24)25/h7,10,12H,5-6,8H2,1-4H3,(H,20,21)/t10-/m0/s1. The summed E-state index contributed by atoms with van der Waals surface area (Å²) in [5.41, 5.74) is 2.68. The van der Waals surface area contributed by atoms with Crippen molar-refractivity contribution in [2.24, 2.45) is 5.92 Å². The molecule has 2 aromatic heterocycles. The predicted molar refractivity (Wildman–Crippen MR) is 105 cm³/mol. The van der Waals surface area contributed by atoms with E-state index in [2.05, 4.69) is 21.6 Å². The van der Waals surface area contributed by atoms with Crippen molar-refractivity contribution in [3.63, 3.8) is 0 Å². The van der Waals surface area contributed by atoms with Gasteiger partial charge in [-0.2, -0.15) is 0 Å². The van der Waals surface area contributed by atoms with Crippen LogP contribution in [0.4, 0.5) is 5.82 Å². The summed E-state index contributed by atoms with van der Waals surface area (Å²) in [6.07, 6.45) is 3.34. The molecule has 0 bridgehead atoms. The van der Waals surface area contributed by atoms with Gasteiger partial charge in [0.25, 0.3) is 5.91 Å². The lowest BCUT2D eigenvalue weighted by molar-refractivity contribution is 0.0698. The van der Waals surface area contributed by atoms with Crippen molar-refractivity contribution < 1.29 is 13.2 Å². The highest BCUT2D eigenvalue weighted by Gasteiger charge is 2.40. The third kappa shape index (κ3) is 3.45. The van der Waals surface area contributed by atoms with Crippen LogP contribution in [-0.2, 0) is 16.6 Å². The van der Waals surface area contributed by atoms with E-state index in [1.807, 2.05) is 24.8 Å². The van der Waals surface area contributed by atoms with Gasteiger partial charge < -0.3 is 4.90 Å². The SMILES string of the molecule is Cc1nc(C)c(-c2cc3c(c(NS(C)(=O)=O)n2)C(=O)N([C@@H](C)C2CC2)C3)s1. The van der Waals surface area contributed by atoms with E-state index in [1.165, 1.54) is 11.3 Å². The van der Waals surface area contributed by atoms with E-state index in [0.29, 0.717) is 23.7 Å². The monoisotopic (exact) mass is 406 g/mol. The van der Waals surface area contributed by atoms with Gasteiger partial charge >= 0.3 is 0 Å². The third-order valence-corrected chi connectivity index (χ3v) is 6.79. The molecule has 4 rings (SSSR count). The van der Waals surface area contributed by atoms with E-state index in [9.17, 15) is 13.2 Å². The van der Waals surface area contributed by atoms with E-state index in [1.54, 1.807) is 0 Å². The number of nitrogens with zero attached hydrogens (tertiary/aromatic N) is 3. The van der Waals surface area contributed by atoms with Crippen molar-refractivity contribution in [1.82, 2.24) is 14.9 Å². The van der Waals surface area contributed by atoms with Crippen molar-refractivity contribution in [1.29, 1.82) is 0 Å². The van der Waals surface area contributed by atoms with Crippen molar-refractivity contribution >= 4 is 33.1 Å². The molecule has 0 radical (unpaired) electrons. The predicted octanol–water partition coefficient (Wildman–Crippen LogP) is 2.95. The molecule has 1 atom stereocenters. The molecule has 0 saturated heterocycles. The molecule has 3 heterocycles. The van der Waals surface area contributed by atoms with E-state index < -0.39 is 10.0 Å². The summed E-state index contributed by atoms with van der Waals surface area (Å²) in [5, 5.41) is 0.919. The Bertz CT molecular complexity index is 1040. The molecule has 1 fully saturated rings. The molecule has 1 N–H and O–H groups in total. The van der Waals surface area contributed by atoms with Gasteiger partial charge in [-0.05, 0) is 51.2 Å². The zero-order valence-electron chi connectivity index (χ0n) is 15.7. The lowest BCUT2D eigenvalue weighted by Crippen LogP contribution is -2.35. The summed E-state index contributed by atoms with van der Waals surface area (Å²) in [7, 11) is -3.56. The maximum atomic E-state index is 13.0. The van der Waals surface area contributed by atoms with Crippen molar-refractivity contribution in [3.05, 3.63) is 27.9 Å². The normalized spacial score (nSPS) is 17.9. The summed E-state index contributed by atoms with van der Waals surface area (Å²) in [5.74, 6) is 0.506. The molecule has 1 aliphatic heterocycles. The summed E-state index contributed by atoms with van der Waals surface area (Å²) in [6, 6.07) is 2.05. The largest absolute Gasteiger partial charge is 0.331 e. The van der Waals surface area contributed by atoms with E-state index in [4.69, 9.17) is 0 Å². The number of nitrogens with one attached hydrogen (secondary N) is 1. The number of carbonyl (C=O) groups excluding carboxylic acids is 1. The molecule has 0 aromatic carbocycles. The second kappa shape index (κ2) is 6.27. The first-order valence-corrected chi connectivity index (χ1v) is 11.6. The molecular weight excluding hydrogens is 384 g/mol. The van der Waals surface area contributed by atoms with Gasteiger partial charge in [0, 0.05) is 12.6 Å². The molecule has 27 heavy (non-hydrogen) atoms. The maximum Gasteiger partial charge on any atom is 0.258 e.